The van der Waals surface area contributed by atoms with Crippen molar-refractivity contribution in [3.63, 3.8) is 0 Å². The molecule has 3 aromatic rings. The van der Waals surface area contributed by atoms with Gasteiger partial charge in [-0.05, 0) is 55.8 Å². The van der Waals surface area contributed by atoms with E-state index in [1.807, 2.05) is 36.8 Å². The molecule has 1 N–H and O–H groups in total. The molecule has 0 atom stereocenters. The van der Waals surface area contributed by atoms with Crippen LogP contribution >= 0.6 is 23.5 Å². The van der Waals surface area contributed by atoms with Gasteiger partial charge in [-0.3, -0.25) is 4.79 Å². The molecule has 3 rings (SSSR count). The summed E-state index contributed by atoms with van der Waals surface area (Å²) in [5.41, 5.74) is 1.84. The summed E-state index contributed by atoms with van der Waals surface area (Å²) in [4.78, 5) is 22.8. The fourth-order valence-electron chi connectivity index (χ4n) is 2.34. The van der Waals surface area contributed by atoms with Gasteiger partial charge in [0.25, 0.3) is 5.91 Å². The zero-order valence-electron chi connectivity index (χ0n) is 14.1. The Morgan fingerprint density at radius 1 is 1.08 bits per heavy atom. The number of thioether (sulfide) groups is 2. The highest BCUT2D eigenvalue weighted by Crippen LogP contribution is 2.26. The maximum atomic E-state index is 12.7. The van der Waals surface area contributed by atoms with Crippen LogP contribution in [0.1, 0.15) is 16.1 Å². The van der Waals surface area contributed by atoms with Gasteiger partial charge in [0, 0.05) is 10.6 Å². The lowest BCUT2D eigenvalue weighted by molar-refractivity contribution is 0.102. The fourth-order valence-corrected chi connectivity index (χ4v) is 3.37. The van der Waals surface area contributed by atoms with Crippen molar-refractivity contribution in [1.29, 1.82) is 0 Å². The lowest BCUT2D eigenvalue weighted by Crippen LogP contribution is -2.16. The Balaban J connectivity index is 1.91. The van der Waals surface area contributed by atoms with Crippen LogP contribution in [0.4, 0.5) is 5.69 Å². The van der Waals surface area contributed by atoms with Gasteiger partial charge in [0.15, 0.2) is 11.6 Å². The molecular formula is C18H17N3O2S2. The fraction of sp³-hybridized carbons (Fsp3) is 0.167. The molecule has 5 nitrogen and oxygen atoms in total. The summed E-state index contributed by atoms with van der Waals surface area (Å²) < 4.78 is 5.36. The summed E-state index contributed by atoms with van der Waals surface area (Å²) >= 11 is 3.07. The number of anilines is 1. The van der Waals surface area contributed by atoms with Crippen molar-refractivity contribution < 1.29 is 9.21 Å². The summed E-state index contributed by atoms with van der Waals surface area (Å²) in [5.74, 6) is 0.843. The van der Waals surface area contributed by atoms with E-state index < -0.39 is 0 Å². The number of hydrogen-bond acceptors (Lipinski definition) is 6. The second kappa shape index (κ2) is 7.76. The number of aromatic nitrogens is 2. The van der Waals surface area contributed by atoms with E-state index in [0.29, 0.717) is 27.9 Å². The number of benzene rings is 1. The van der Waals surface area contributed by atoms with E-state index in [1.165, 1.54) is 11.8 Å². The molecule has 0 aliphatic heterocycles. The van der Waals surface area contributed by atoms with E-state index in [0.717, 1.165) is 10.6 Å². The average Bonchev–Trinajstić information content (AvgIpc) is 3.16. The molecule has 0 bridgehead atoms. The minimum absolute atomic E-state index is 0.218. The number of nitrogens with one attached hydrogen (secondary N) is 1. The van der Waals surface area contributed by atoms with Gasteiger partial charge in [-0.2, -0.15) is 0 Å². The molecule has 0 saturated heterocycles. The molecule has 0 unspecified atom stereocenters. The van der Waals surface area contributed by atoms with Crippen LogP contribution in [-0.4, -0.2) is 28.4 Å². The van der Waals surface area contributed by atoms with Gasteiger partial charge in [0.05, 0.1) is 17.5 Å². The molecule has 0 aliphatic carbocycles. The van der Waals surface area contributed by atoms with Crippen LogP contribution in [0.3, 0.4) is 0 Å². The molecule has 0 aliphatic rings. The number of amides is 1. The highest BCUT2D eigenvalue weighted by molar-refractivity contribution is 7.98. The predicted molar refractivity (Wildman–Crippen MR) is 102 cm³/mol. The lowest BCUT2D eigenvalue weighted by Gasteiger charge is -2.12. The predicted octanol–water partition coefficient (Wildman–Crippen LogP) is 4.74. The van der Waals surface area contributed by atoms with Gasteiger partial charge in [0.2, 0.25) is 0 Å². The number of aryl methyl sites for hydroxylation is 1. The van der Waals surface area contributed by atoms with Crippen molar-refractivity contribution in [2.24, 2.45) is 0 Å². The summed E-state index contributed by atoms with van der Waals surface area (Å²) in [7, 11) is 0. The third-order valence-electron chi connectivity index (χ3n) is 3.57. The Bertz CT molecular complexity index is 878. The van der Waals surface area contributed by atoms with Gasteiger partial charge in [-0.25, -0.2) is 9.97 Å². The van der Waals surface area contributed by atoms with E-state index >= 15 is 0 Å². The molecule has 128 valence electrons. The molecule has 2 aromatic heterocycles. The van der Waals surface area contributed by atoms with Gasteiger partial charge < -0.3 is 9.73 Å². The first-order valence-corrected chi connectivity index (χ1v) is 9.99. The van der Waals surface area contributed by atoms with Crippen LogP contribution in [0.15, 0.2) is 57.0 Å². The molecular weight excluding hydrogens is 354 g/mol. The molecule has 7 heteroatoms. The van der Waals surface area contributed by atoms with Crippen molar-refractivity contribution >= 4 is 35.1 Å². The van der Waals surface area contributed by atoms with Crippen molar-refractivity contribution in [3.05, 3.63) is 53.9 Å². The Labute approximate surface area is 154 Å². The molecule has 0 radical (unpaired) electrons. The van der Waals surface area contributed by atoms with Crippen molar-refractivity contribution in [2.75, 3.05) is 17.8 Å². The second-order valence-electron chi connectivity index (χ2n) is 5.18. The molecule has 1 aromatic carbocycles. The zero-order valence-corrected chi connectivity index (χ0v) is 15.7. The maximum absolute atomic E-state index is 12.7. The SMILES string of the molecule is CSc1ccc(NC(=O)c2c(C)nc(-c3ccco3)nc2SC)cc1. The van der Waals surface area contributed by atoms with E-state index in [-0.39, 0.29) is 5.91 Å². The number of rotatable bonds is 5. The normalized spacial score (nSPS) is 10.7. The molecule has 1 amide bonds. The lowest BCUT2D eigenvalue weighted by atomic mass is 10.2. The average molecular weight is 371 g/mol. The summed E-state index contributed by atoms with van der Waals surface area (Å²) in [5, 5.41) is 3.54. The van der Waals surface area contributed by atoms with Crippen molar-refractivity contribution in [1.82, 2.24) is 9.97 Å². The molecule has 25 heavy (non-hydrogen) atoms. The molecule has 2 heterocycles. The number of carbonyl (C=O) groups excluding carboxylic acids is 1. The van der Waals surface area contributed by atoms with Gasteiger partial charge in [0.1, 0.15) is 5.03 Å². The third kappa shape index (κ3) is 3.88. The number of furan rings is 1. The Hall–Kier alpha value is -2.25. The van der Waals surface area contributed by atoms with Gasteiger partial charge >= 0.3 is 0 Å². The zero-order chi connectivity index (χ0) is 17.8. The van der Waals surface area contributed by atoms with E-state index in [2.05, 4.69) is 15.3 Å². The number of nitrogens with zero attached hydrogens (tertiary/aromatic N) is 2. The Morgan fingerprint density at radius 2 is 1.84 bits per heavy atom. The standard InChI is InChI=1S/C18H17N3O2S2/c1-11-15(17(22)20-12-6-8-13(24-2)9-7-12)18(25-3)21-16(19-11)14-5-4-10-23-14/h4-10H,1-3H3,(H,20,22). The largest absolute Gasteiger partial charge is 0.461 e. The van der Waals surface area contributed by atoms with Crippen LogP contribution in [-0.2, 0) is 0 Å². The highest BCUT2D eigenvalue weighted by atomic mass is 32.2. The second-order valence-corrected chi connectivity index (χ2v) is 6.85. The monoisotopic (exact) mass is 371 g/mol. The van der Waals surface area contributed by atoms with Gasteiger partial charge in [-0.1, -0.05) is 0 Å². The molecule has 0 spiro atoms. The van der Waals surface area contributed by atoms with E-state index in [4.69, 9.17) is 4.42 Å². The van der Waals surface area contributed by atoms with Crippen LogP contribution < -0.4 is 5.32 Å². The maximum Gasteiger partial charge on any atom is 0.260 e. The Morgan fingerprint density at radius 3 is 2.44 bits per heavy atom. The van der Waals surface area contributed by atoms with Crippen molar-refractivity contribution in [2.45, 2.75) is 16.8 Å². The molecule has 0 saturated carbocycles. The van der Waals surface area contributed by atoms with Crippen LogP contribution in [0.2, 0.25) is 0 Å². The minimum atomic E-state index is -0.218. The number of hydrogen-bond donors (Lipinski definition) is 1. The van der Waals surface area contributed by atoms with E-state index in [9.17, 15) is 4.79 Å². The Kier molecular flexibility index (Phi) is 5.45. The first kappa shape index (κ1) is 17.6. The van der Waals surface area contributed by atoms with Crippen LogP contribution in [0, 0.1) is 6.92 Å². The first-order valence-electron chi connectivity index (χ1n) is 7.54. The highest BCUT2D eigenvalue weighted by Gasteiger charge is 2.20. The van der Waals surface area contributed by atoms with Crippen LogP contribution in [0.5, 0.6) is 0 Å². The quantitative estimate of drug-likeness (QED) is 0.516. The van der Waals surface area contributed by atoms with E-state index in [1.54, 1.807) is 37.1 Å². The summed E-state index contributed by atoms with van der Waals surface area (Å²) in [6.07, 6.45) is 5.48. The van der Waals surface area contributed by atoms with Crippen LogP contribution in [0.25, 0.3) is 11.6 Å². The van der Waals surface area contributed by atoms with Gasteiger partial charge in [-0.15, -0.1) is 23.5 Å². The molecule has 0 fully saturated rings. The van der Waals surface area contributed by atoms with Crippen molar-refractivity contribution in [3.8, 4) is 11.6 Å². The third-order valence-corrected chi connectivity index (χ3v) is 4.99. The number of carbonyl (C=O) groups is 1. The summed E-state index contributed by atoms with van der Waals surface area (Å²) in [6.45, 7) is 1.81. The topological polar surface area (TPSA) is 68.0 Å². The smallest absolute Gasteiger partial charge is 0.260 e. The minimum Gasteiger partial charge on any atom is -0.461 e. The summed E-state index contributed by atoms with van der Waals surface area (Å²) in [6, 6.07) is 11.3. The first-order chi connectivity index (χ1) is 12.1.